The lowest BCUT2D eigenvalue weighted by Gasteiger charge is -2.26. The molecule has 1 aliphatic carbocycles. The van der Waals surface area contributed by atoms with E-state index < -0.39 is 9.84 Å². The first-order valence-corrected chi connectivity index (χ1v) is 11.5. The number of carbonyl (C=O) groups is 1. The van der Waals surface area contributed by atoms with Gasteiger partial charge in [-0.1, -0.05) is 19.3 Å². The standard InChI is InChI=1S/C17H32N4O3S/c1-3-18-17(19-10-12-25(2,23)24)20-15-9-11-21(13-15)16(22)14-7-5-4-6-8-14/h14-15H,3-13H2,1-2H3,(H2,18,19,20). The summed E-state index contributed by atoms with van der Waals surface area (Å²) in [5.74, 6) is 1.19. The normalized spacial score (nSPS) is 22.9. The lowest BCUT2D eigenvalue weighted by Crippen LogP contribution is -2.45. The zero-order valence-electron chi connectivity index (χ0n) is 15.5. The third kappa shape index (κ3) is 6.84. The van der Waals surface area contributed by atoms with Crippen LogP contribution in [-0.2, 0) is 14.6 Å². The zero-order chi connectivity index (χ0) is 18.3. The summed E-state index contributed by atoms with van der Waals surface area (Å²) >= 11 is 0. The highest BCUT2D eigenvalue weighted by molar-refractivity contribution is 7.90. The molecule has 0 aromatic carbocycles. The molecule has 1 saturated carbocycles. The Morgan fingerprint density at radius 1 is 1.20 bits per heavy atom. The van der Waals surface area contributed by atoms with Crippen molar-refractivity contribution < 1.29 is 13.2 Å². The highest BCUT2D eigenvalue weighted by atomic mass is 32.2. The van der Waals surface area contributed by atoms with Gasteiger partial charge in [-0.05, 0) is 26.2 Å². The molecule has 144 valence electrons. The first kappa shape index (κ1) is 20.0. The Morgan fingerprint density at radius 3 is 2.56 bits per heavy atom. The average Bonchev–Trinajstić information content (AvgIpc) is 3.02. The van der Waals surface area contributed by atoms with E-state index in [-0.39, 0.29) is 24.3 Å². The van der Waals surface area contributed by atoms with E-state index in [4.69, 9.17) is 0 Å². The molecule has 2 N–H and O–H groups in total. The molecule has 2 aliphatic rings. The van der Waals surface area contributed by atoms with Crippen molar-refractivity contribution in [3.63, 3.8) is 0 Å². The van der Waals surface area contributed by atoms with Crippen LogP contribution in [0.4, 0.5) is 0 Å². The summed E-state index contributed by atoms with van der Waals surface area (Å²) in [6, 6.07) is 0.170. The van der Waals surface area contributed by atoms with Gasteiger partial charge in [-0.3, -0.25) is 9.79 Å². The van der Waals surface area contributed by atoms with E-state index in [9.17, 15) is 13.2 Å². The molecule has 0 aromatic heterocycles. The number of nitrogens with zero attached hydrogens (tertiary/aromatic N) is 2. The van der Waals surface area contributed by atoms with Crippen LogP contribution in [0, 0.1) is 5.92 Å². The van der Waals surface area contributed by atoms with Crippen molar-refractivity contribution in [3.8, 4) is 0 Å². The summed E-state index contributed by atoms with van der Waals surface area (Å²) in [4.78, 5) is 18.9. The Balaban J connectivity index is 1.84. The van der Waals surface area contributed by atoms with Crippen LogP contribution in [0.2, 0.25) is 0 Å². The van der Waals surface area contributed by atoms with Gasteiger partial charge >= 0.3 is 0 Å². The van der Waals surface area contributed by atoms with Crippen LogP contribution in [0.3, 0.4) is 0 Å². The maximum absolute atomic E-state index is 12.6. The molecule has 2 rings (SSSR count). The van der Waals surface area contributed by atoms with E-state index in [2.05, 4.69) is 15.6 Å². The van der Waals surface area contributed by atoms with Gasteiger partial charge in [0.15, 0.2) is 5.96 Å². The van der Waals surface area contributed by atoms with Crippen LogP contribution >= 0.6 is 0 Å². The lowest BCUT2D eigenvalue weighted by atomic mass is 9.88. The zero-order valence-corrected chi connectivity index (χ0v) is 16.3. The van der Waals surface area contributed by atoms with Gasteiger partial charge in [-0.2, -0.15) is 0 Å². The van der Waals surface area contributed by atoms with Gasteiger partial charge in [0, 0.05) is 37.8 Å². The highest BCUT2D eigenvalue weighted by Gasteiger charge is 2.31. The fraction of sp³-hybridized carbons (Fsp3) is 0.882. The number of aliphatic imine (C=N–C) groups is 1. The molecule has 0 aromatic rings. The van der Waals surface area contributed by atoms with E-state index in [0.717, 1.165) is 25.8 Å². The molecule has 1 saturated heterocycles. The summed E-state index contributed by atoms with van der Waals surface area (Å²) in [6.07, 6.45) is 7.77. The monoisotopic (exact) mass is 372 g/mol. The fourth-order valence-electron chi connectivity index (χ4n) is 3.52. The Bertz CT molecular complexity index is 570. The minimum Gasteiger partial charge on any atom is -0.357 e. The number of nitrogens with one attached hydrogen (secondary N) is 2. The van der Waals surface area contributed by atoms with Gasteiger partial charge in [-0.25, -0.2) is 8.42 Å². The van der Waals surface area contributed by atoms with Crippen molar-refractivity contribution in [2.24, 2.45) is 10.9 Å². The molecular formula is C17H32N4O3S. The maximum Gasteiger partial charge on any atom is 0.225 e. The second-order valence-electron chi connectivity index (χ2n) is 7.14. The number of carbonyl (C=O) groups excluding carboxylic acids is 1. The van der Waals surface area contributed by atoms with Crippen LogP contribution in [0.25, 0.3) is 0 Å². The van der Waals surface area contributed by atoms with Gasteiger partial charge in [0.05, 0.1) is 12.3 Å². The topological polar surface area (TPSA) is 90.9 Å². The second kappa shape index (κ2) is 9.40. The van der Waals surface area contributed by atoms with E-state index in [1.54, 1.807) is 0 Å². The molecule has 2 fully saturated rings. The number of sulfone groups is 1. The fourth-order valence-corrected chi connectivity index (χ4v) is 3.95. The first-order chi connectivity index (χ1) is 11.9. The Kier molecular flexibility index (Phi) is 7.53. The second-order valence-corrected chi connectivity index (χ2v) is 9.40. The van der Waals surface area contributed by atoms with Crippen LogP contribution in [-0.4, -0.2) is 69.4 Å². The van der Waals surface area contributed by atoms with Crippen LogP contribution in [0.15, 0.2) is 4.99 Å². The predicted octanol–water partition coefficient (Wildman–Crippen LogP) is 0.767. The number of rotatable bonds is 6. The van der Waals surface area contributed by atoms with Crippen molar-refractivity contribution in [1.82, 2.24) is 15.5 Å². The molecule has 0 radical (unpaired) electrons. The van der Waals surface area contributed by atoms with Crippen LogP contribution < -0.4 is 10.6 Å². The smallest absolute Gasteiger partial charge is 0.225 e. The van der Waals surface area contributed by atoms with E-state index in [1.165, 1.54) is 25.5 Å². The number of hydrogen-bond donors (Lipinski definition) is 2. The Labute approximate surface area is 151 Å². The van der Waals surface area contributed by atoms with Crippen LogP contribution in [0.5, 0.6) is 0 Å². The summed E-state index contributed by atoms with van der Waals surface area (Å²) in [5, 5.41) is 6.48. The lowest BCUT2D eigenvalue weighted by molar-refractivity contribution is -0.135. The number of likely N-dealkylation sites (tertiary alicyclic amines) is 1. The molecular weight excluding hydrogens is 340 g/mol. The molecule has 1 aliphatic heterocycles. The SMILES string of the molecule is CCNC(=NCCS(C)(=O)=O)NC1CCN(C(=O)C2CCCCC2)C1. The maximum atomic E-state index is 12.6. The van der Waals surface area contributed by atoms with E-state index in [0.29, 0.717) is 25.0 Å². The van der Waals surface area contributed by atoms with Crippen LogP contribution in [0.1, 0.15) is 45.4 Å². The predicted molar refractivity (Wildman–Crippen MR) is 100 cm³/mol. The quantitative estimate of drug-likeness (QED) is 0.531. The molecule has 8 heteroatoms. The molecule has 1 amide bonds. The summed E-state index contributed by atoms with van der Waals surface area (Å²) in [5.41, 5.74) is 0. The van der Waals surface area contributed by atoms with Gasteiger partial charge in [0.1, 0.15) is 9.84 Å². The molecule has 0 bridgehead atoms. The molecule has 7 nitrogen and oxygen atoms in total. The number of amides is 1. The van der Waals surface area contributed by atoms with Gasteiger partial charge in [-0.15, -0.1) is 0 Å². The molecule has 25 heavy (non-hydrogen) atoms. The van der Waals surface area contributed by atoms with Crippen molar-refractivity contribution in [2.45, 2.75) is 51.5 Å². The Morgan fingerprint density at radius 2 is 1.92 bits per heavy atom. The Hall–Kier alpha value is -1.31. The van der Waals surface area contributed by atoms with Gasteiger partial charge < -0.3 is 15.5 Å². The third-order valence-corrected chi connectivity index (χ3v) is 5.80. The summed E-state index contributed by atoms with van der Waals surface area (Å²) in [6.45, 7) is 4.41. The average molecular weight is 373 g/mol. The molecule has 1 heterocycles. The number of guanidine groups is 1. The van der Waals surface area contributed by atoms with E-state index >= 15 is 0 Å². The van der Waals surface area contributed by atoms with Crippen molar-refractivity contribution in [1.29, 1.82) is 0 Å². The number of hydrogen-bond acceptors (Lipinski definition) is 4. The van der Waals surface area contributed by atoms with Crippen molar-refractivity contribution >= 4 is 21.7 Å². The highest BCUT2D eigenvalue weighted by Crippen LogP contribution is 2.26. The largest absolute Gasteiger partial charge is 0.357 e. The summed E-state index contributed by atoms with van der Waals surface area (Å²) < 4.78 is 22.5. The first-order valence-electron chi connectivity index (χ1n) is 9.40. The van der Waals surface area contributed by atoms with E-state index in [1.807, 2.05) is 11.8 Å². The minimum absolute atomic E-state index is 0.0422. The summed E-state index contributed by atoms with van der Waals surface area (Å²) in [7, 11) is -3.01. The molecule has 1 unspecified atom stereocenters. The third-order valence-electron chi connectivity index (χ3n) is 4.87. The molecule has 1 atom stereocenters. The molecule has 0 spiro atoms. The van der Waals surface area contributed by atoms with Gasteiger partial charge in [0.25, 0.3) is 0 Å². The minimum atomic E-state index is -3.01. The van der Waals surface area contributed by atoms with Crippen molar-refractivity contribution in [2.75, 3.05) is 38.2 Å². The van der Waals surface area contributed by atoms with Crippen molar-refractivity contribution in [3.05, 3.63) is 0 Å². The van der Waals surface area contributed by atoms with Gasteiger partial charge in [0.2, 0.25) is 5.91 Å².